The highest BCUT2D eigenvalue weighted by atomic mass is 14.8. The Morgan fingerprint density at radius 3 is 2.20 bits per heavy atom. The van der Waals surface area contributed by atoms with Gasteiger partial charge in [-0.2, -0.15) is 0 Å². The van der Waals surface area contributed by atoms with Crippen LogP contribution in [0.25, 0.3) is 0 Å². The third-order valence-electron chi connectivity index (χ3n) is 1.25. The first-order valence-electron chi connectivity index (χ1n) is 3.20. The summed E-state index contributed by atoms with van der Waals surface area (Å²) in [5, 5.41) is 0. The lowest BCUT2D eigenvalue weighted by atomic mass is 10.1. The summed E-state index contributed by atoms with van der Waals surface area (Å²) in [5.41, 5.74) is 11.8. The predicted molar refractivity (Wildman–Crippen MR) is 41.8 cm³/mol. The van der Waals surface area contributed by atoms with Gasteiger partial charge in [0.25, 0.3) is 0 Å². The van der Waals surface area contributed by atoms with Crippen molar-refractivity contribution in [3.8, 4) is 0 Å². The molecule has 1 aromatic rings. The van der Waals surface area contributed by atoms with Crippen molar-refractivity contribution in [2.75, 3.05) is 0 Å². The maximum Gasteiger partial charge on any atom is 0.1000 e. The molecule has 2 heteroatoms. The van der Waals surface area contributed by atoms with Crippen LogP contribution in [-0.2, 0) is 6.42 Å². The Kier molecular flexibility index (Phi) is 2.42. The third-order valence-corrected chi connectivity index (χ3v) is 1.25. The van der Waals surface area contributed by atoms with Gasteiger partial charge in [-0.1, -0.05) is 30.3 Å². The van der Waals surface area contributed by atoms with Crippen LogP contribution in [0.2, 0.25) is 0 Å². The summed E-state index contributed by atoms with van der Waals surface area (Å²) >= 11 is 0. The average molecular weight is 135 g/mol. The molecule has 1 aromatic carbocycles. The molecular weight excluding hydrogens is 124 g/mol. The maximum atomic E-state index is 5.32. The summed E-state index contributed by atoms with van der Waals surface area (Å²) in [6.07, 6.45) is 1.13. The fourth-order valence-electron chi connectivity index (χ4n) is 0.832. The van der Waals surface area contributed by atoms with Gasteiger partial charge in [0.05, 0.1) is 6.17 Å². The minimum Gasteiger partial charge on any atom is -0.311 e. The molecule has 4 N–H and O–H groups in total. The molecule has 0 amide bonds. The van der Waals surface area contributed by atoms with E-state index in [1.807, 2.05) is 30.3 Å². The highest BCUT2D eigenvalue weighted by Crippen LogP contribution is 2.01. The van der Waals surface area contributed by atoms with Crippen LogP contribution >= 0.6 is 0 Å². The minimum absolute atomic E-state index is 0.464. The normalized spacial score (nSPS) is 10.3. The number of hydrogen-bond donors (Lipinski definition) is 2. The number of benzene rings is 1. The first-order chi connectivity index (χ1) is 4.79. The largest absolute Gasteiger partial charge is 0.311 e. The van der Waals surface area contributed by atoms with Gasteiger partial charge < -0.3 is 11.5 Å². The zero-order chi connectivity index (χ0) is 7.40. The fourth-order valence-corrected chi connectivity index (χ4v) is 0.832. The molecule has 0 saturated carbocycles. The second kappa shape index (κ2) is 3.34. The molecule has 0 unspecified atom stereocenters. The van der Waals surface area contributed by atoms with Crippen molar-refractivity contribution in [1.82, 2.24) is 0 Å². The Morgan fingerprint density at radius 1 is 1.10 bits per heavy atom. The third kappa shape index (κ3) is 2.17. The van der Waals surface area contributed by atoms with E-state index in [0.29, 0.717) is 12.6 Å². The van der Waals surface area contributed by atoms with Gasteiger partial charge in [-0.25, -0.2) is 0 Å². The second-order valence-electron chi connectivity index (χ2n) is 2.24. The Balaban J connectivity index is 2.59. The summed E-state index contributed by atoms with van der Waals surface area (Å²) in [6, 6.07) is 9.91. The summed E-state index contributed by atoms with van der Waals surface area (Å²) in [5.74, 6) is 0. The quantitative estimate of drug-likeness (QED) is 0.625. The number of rotatable bonds is 2. The highest BCUT2D eigenvalue weighted by molar-refractivity contribution is 5.17. The van der Waals surface area contributed by atoms with Crippen LogP contribution in [0, 0.1) is 6.17 Å². The van der Waals surface area contributed by atoms with Crippen LogP contribution in [0.3, 0.4) is 0 Å². The van der Waals surface area contributed by atoms with Crippen molar-refractivity contribution in [3.63, 3.8) is 0 Å². The zero-order valence-electron chi connectivity index (χ0n) is 5.75. The zero-order valence-corrected chi connectivity index (χ0v) is 5.75. The van der Waals surface area contributed by atoms with Crippen LogP contribution in [0.5, 0.6) is 0 Å². The predicted octanol–water partition coefficient (Wildman–Crippen LogP) is 0.636. The van der Waals surface area contributed by atoms with Crippen LogP contribution in [0.15, 0.2) is 30.3 Å². The molecule has 0 aliphatic heterocycles. The molecule has 0 aliphatic carbocycles. The van der Waals surface area contributed by atoms with Crippen LogP contribution < -0.4 is 11.5 Å². The lowest BCUT2D eigenvalue weighted by Crippen LogP contribution is -2.22. The molecule has 2 nitrogen and oxygen atoms in total. The molecule has 0 aromatic heterocycles. The van der Waals surface area contributed by atoms with Crippen molar-refractivity contribution in [3.05, 3.63) is 42.1 Å². The van der Waals surface area contributed by atoms with Crippen LogP contribution in [0.1, 0.15) is 5.56 Å². The molecule has 0 heterocycles. The maximum absolute atomic E-state index is 5.32. The smallest absolute Gasteiger partial charge is 0.1000 e. The molecule has 0 spiro atoms. The first-order valence-corrected chi connectivity index (χ1v) is 3.20. The van der Waals surface area contributed by atoms with Gasteiger partial charge in [0.2, 0.25) is 0 Å². The molecular formula is C8H11N2. The van der Waals surface area contributed by atoms with E-state index in [1.165, 1.54) is 0 Å². The summed E-state index contributed by atoms with van der Waals surface area (Å²) < 4.78 is 0. The molecule has 1 rings (SSSR count). The van der Waals surface area contributed by atoms with Crippen LogP contribution in [0.4, 0.5) is 0 Å². The molecule has 0 fully saturated rings. The monoisotopic (exact) mass is 135 g/mol. The van der Waals surface area contributed by atoms with E-state index in [1.54, 1.807) is 0 Å². The summed E-state index contributed by atoms with van der Waals surface area (Å²) in [4.78, 5) is 0. The number of nitrogens with two attached hydrogens (primary N) is 2. The summed E-state index contributed by atoms with van der Waals surface area (Å²) in [7, 11) is 0. The minimum atomic E-state index is 0.464. The first kappa shape index (κ1) is 7.25. The molecule has 0 atom stereocenters. The molecule has 0 bridgehead atoms. The number of hydrogen-bond acceptors (Lipinski definition) is 2. The second-order valence-corrected chi connectivity index (χ2v) is 2.24. The standard InChI is InChI=1S/C8H11N2/c9-8(10)6-7-4-2-1-3-5-7/h1-5H,6,9-10H2. The van der Waals surface area contributed by atoms with E-state index in [0.717, 1.165) is 5.56 Å². The SMILES string of the molecule is N[C](N)Cc1ccccc1. The van der Waals surface area contributed by atoms with Crippen molar-refractivity contribution < 1.29 is 0 Å². The van der Waals surface area contributed by atoms with Gasteiger partial charge in [0.1, 0.15) is 0 Å². The van der Waals surface area contributed by atoms with Gasteiger partial charge >= 0.3 is 0 Å². The van der Waals surface area contributed by atoms with E-state index in [2.05, 4.69) is 0 Å². The van der Waals surface area contributed by atoms with Gasteiger partial charge in [0.15, 0.2) is 0 Å². The van der Waals surface area contributed by atoms with Crippen molar-refractivity contribution in [2.24, 2.45) is 11.5 Å². The average Bonchev–Trinajstić information content (AvgIpc) is 1.88. The van der Waals surface area contributed by atoms with E-state index >= 15 is 0 Å². The Bertz CT molecular complexity index is 182. The lowest BCUT2D eigenvalue weighted by molar-refractivity contribution is 0.886. The highest BCUT2D eigenvalue weighted by Gasteiger charge is 1.95. The van der Waals surface area contributed by atoms with Gasteiger partial charge in [-0.3, -0.25) is 0 Å². The molecule has 1 radical (unpaired) electrons. The van der Waals surface area contributed by atoms with E-state index in [4.69, 9.17) is 11.5 Å². The Labute approximate surface area is 60.8 Å². The summed E-state index contributed by atoms with van der Waals surface area (Å²) in [6.45, 7) is 0. The van der Waals surface area contributed by atoms with Crippen molar-refractivity contribution in [1.29, 1.82) is 0 Å². The van der Waals surface area contributed by atoms with Gasteiger partial charge in [0, 0.05) is 6.42 Å². The van der Waals surface area contributed by atoms with Gasteiger partial charge in [-0.05, 0) is 5.56 Å². The van der Waals surface area contributed by atoms with Crippen LogP contribution in [-0.4, -0.2) is 0 Å². The van der Waals surface area contributed by atoms with Crippen molar-refractivity contribution in [2.45, 2.75) is 6.42 Å². The fraction of sp³-hybridized carbons (Fsp3) is 0.125. The molecule has 53 valence electrons. The van der Waals surface area contributed by atoms with Gasteiger partial charge in [-0.15, -0.1) is 0 Å². The van der Waals surface area contributed by atoms with E-state index in [9.17, 15) is 0 Å². The molecule has 10 heavy (non-hydrogen) atoms. The van der Waals surface area contributed by atoms with E-state index in [-0.39, 0.29) is 0 Å². The van der Waals surface area contributed by atoms with E-state index < -0.39 is 0 Å². The lowest BCUT2D eigenvalue weighted by Gasteiger charge is -2.01. The molecule has 0 aliphatic rings. The Hall–Kier alpha value is -0.860. The van der Waals surface area contributed by atoms with Crippen molar-refractivity contribution >= 4 is 0 Å². The Morgan fingerprint density at radius 2 is 1.70 bits per heavy atom. The molecule has 0 saturated heterocycles. The topological polar surface area (TPSA) is 52.0 Å².